The number of rotatable bonds is 6. The van der Waals surface area contributed by atoms with Gasteiger partial charge >= 0.3 is 0 Å². The number of hydrogen-bond donors (Lipinski definition) is 1. The van der Waals surface area contributed by atoms with Crippen molar-refractivity contribution in [1.82, 2.24) is 9.88 Å². The molecule has 0 radical (unpaired) electrons. The van der Waals surface area contributed by atoms with Gasteiger partial charge < -0.3 is 14.9 Å². The van der Waals surface area contributed by atoms with Crippen molar-refractivity contribution < 1.29 is 13.9 Å². The first-order valence-corrected chi connectivity index (χ1v) is 9.50. The molecule has 3 rings (SSSR count). The first-order valence-electron chi connectivity index (χ1n) is 9.50. The molecule has 0 aliphatic carbocycles. The normalized spacial score (nSPS) is 15.9. The molecule has 2 heterocycles. The van der Waals surface area contributed by atoms with Gasteiger partial charge in [0.2, 0.25) is 11.8 Å². The second kappa shape index (κ2) is 8.13. The summed E-state index contributed by atoms with van der Waals surface area (Å²) in [4.78, 5) is 18.2. The number of amides is 1. The molecule has 0 atom stereocenters. The second-order valence-corrected chi connectivity index (χ2v) is 7.48. The van der Waals surface area contributed by atoms with Gasteiger partial charge in [-0.25, -0.2) is 4.98 Å². The molecule has 1 aromatic carbocycles. The van der Waals surface area contributed by atoms with Gasteiger partial charge in [0.15, 0.2) is 0 Å². The van der Waals surface area contributed by atoms with Crippen LogP contribution < -0.4 is 10.5 Å². The molecule has 1 saturated heterocycles. The maximum absolute atomic E-state index is 11.1. The lowest BCUT2D eigenvalue weighted by molar-refractivity contribution is -0.119. The van der Waals surface area contributed by atoms with E-state index in [1.165, 1.54) is 0 Å². The zero-order valence-corrected chi connectivity index (χ0v) is 16.7. The maximum atomic E-state index is 11.1. The van der Waals surface area contributed by atoms with E-state index in [4.69, 9.17) is 19.9 Å². The highest BCUT2D eigenvalue weighted by Crippen LogP contribution is 2.32. The van der Waals surface area contributed by atoms with Gasteiger partial charge in [0.1, 0.15) is 11.5 Å². The van der Waals surface area contributed by atoms with Crippen LogP contribution >= 0.6 is 0 Å². The zero-order chi connectivity index (χ0) is 19.6. The van der Waals surface area contributed by atoms with Crippen molar-refractivity contribution in [2.24, 2.45) is 11.7 Å². The minimum Gasteiger partial charge on any atom is -0.496 e. The lowest BCUT2D eigenvalue weighted by Gasteiger charge is -2.30. The Morgan fingerprint density at radius 3 is 2.59 bits per heavy atom. The molecule has 1 amide bonds. The van der Waals surface area contributed by atoms with E-state index in [0.717, 1.165) is 66.4 Å². The zero-order valence-electron chi connectivity index (χ0n) is 16.7. The second-order valence-electron chi connectivity index (χ2n) is 7.48. The Kier molecular flexibility index (Phi) is 5.85. The predicted molar refractivity (Wildman–Crippen MR) is 105 cm³/mol. The van der Waals surface area contributed by atoms with Crippen LogP contribution in [0.3, 0.4) is 0 Å². The number of carbonyl (C=O) groups excluding carboxylic acids is 1. The number of aromatic nitrogens is 1. The molecule has 2 aromatic rings. The third kappa shape index (κ3) is 4.33. The van der Waals surface area contributed by atoms with Gasteiger partial charge in [-0.1, -0.05) is 0 Å². The van der Waals surface area contributed by atoms with E-state index in [1.807, 2.05) is 26.0 Å². The molecular weight excluding hydrogens is 342 g/mol. The number of aryl methyl sites for hydroxylation is 1. The van der Waals surface area contributed by atoms with Crippen molar-refractivity contribution in [2.75, 3.05) is 20.2 Å². The molecule has 6 heteroatoms. The van der Waals surface area contributed by atoms with Crippen LogP contribution in [0, 0.1) is 26.7 Å². The van der Waals surface area contributed by atoms with E-state index >= 15 is 0 Å². The summed E-state index contributed by atoms with van der Waals surface area (Å²) < 4.78 is 11.4. The maximum Gasteiger partial charge on any atom is 0.226 e. The number of oxazole rings is 1. The third-order valence-corrected chi connectivity index (χ3v) is 5.65. The number of nitrogens with two attached hydrogens (primary N) is 1. The van der Waals surface area contributed by atoms with Crippen molar-refractivity contribution in [2.45, 2.75) is 46.6 Å². The molecule has 0 bridgehead atoms. The Morgan fingerprint density at radius 1 is 1.26 bits per heavy atom. The van der Waals surface area contributed by atoms with E-state index in [1.54, 1.807) is 7.11 Å². The van der Waals surface area contributed by atoms with Crippen LogP contribution in [0.1, 0.15) is 41.8 Å². The number of ether oxygens (including phenoxy) is 1. The topological polar surface area (TPSA) is 81.6 Å². The van der Waals surface area contributed by atoms with Crippen LogP contribution in [0.2, 0.25) is 0 Å². The average molecular weight is 371 g/mol. The van der Waals surface area contributed by atoms with Crippen LogP contribution in [0.25, 0.3) is 11.5 Å². The summed E-state index contributed by atoms with van der Waals surface area (Å²) in [5.41, 5.74) is 9.52. The van der Waals surface area contributed by atoms with Crippen LogP contribution in [0.5, 0.6) is 5.75 Å². The van der Waals surface area contributed by atoms with Crippen molar-refractivity contribution in [3.8, 4) is 17.2 Å². The van der Waals surface area contributed by atoms with Gasteiger partial charge in [-0.2, -0.15) is 0 Å². The molecule has 0 unspecified atom stereocenters. The molecule has 2 N–H and O–H groups in total. The molecular formula is C21H29N3O3. The fourth-order valence-corrected chi connectivity index (χ4v) is 3.78. The first kappa shape index (κ1) is 19.4. The molecule has 1 aromatic heterocycles. The van der Waals surface area contributed by atoms with Crippen LogP contribution in [0.4, 0.5) is 0 Å². The number of benzene rings is 1. The SMILES string of the molecule is COc1ccc(-c2nc(CN3CCC(CC(N)=O)CC3)c(C)o2)c(C)c1C. The highest BCUT2D eigenvalue weighted by molar-refractivity contribution is 5.74. The molecule has 0 saturated carbocycles. The van der Waals surface area contributed by atoms with E-state index in [-0.39, 0.29) is 5.91 Å². The minimum atomic E-state index is -0.199. The summed E-state index contributed by atoms with van der Waals surface area (Å²) in [5.74, 6) is 2.61. The summed E-state index contributed by atoms with van der Waals surface area (Å²) in [7, 11) is 1.68. The smallest absolute Gasteiger partial charge is 0.226 e. The fourth-order valence-electron chi connectivity index (χ4n) is 3.78. The van der Waals surface area contributed by atoms with Gasteiger partial charge in [0.05, 0.1) is 12.8 Å². The number of piperidine rings is 1. The van der Waals surface area contributed by atoms with Crippen LogP contribution in [-0.2, 0) is 11.3 Å². The van der Waals surface area contributed by atoms with E-state index in [9.17, 15) is 4.79 Å². The highest BCUT2D eigenvalue weighted by Gasteiger charge is 2.23. The summed E-state index contributed by atoms with van der Waals surface area (Å²) in [6.45, 7) is 8.77. The van der Waals surface area contributed by atoms with E-state index in [0.29, 0.717) is 18.2 Å². The van der Waals surface area contributed by atoms with Gasteiger partial charge in [-0.05, 0) is 75.9 Å². The lowest BCUT2D eigenvalue weighted by atomic mass is 9.93. The van der Waals surface area contributed by atoms with Gasteiger partial charge in [-0.3, -0.25) is 9.69 Å². The number of hydrogen-bond acceptors (Lipinski definition) is 5. The summed E-state index contributed by atoms with van der Waals surface area (Å²) in [6, 6.07) is 3.96. The molecule has 1 aliphatic heterocycles. The molecule has 146 valence electrons. The average Bonchev–Trinajstić information content (AvgIpc) is 2.99. The number of carbonyl (C=O) groups is 1. The Hall–Kier alpha value is -2.34. The van der Waals surface area contributed by atoms with Crippen molar-refractivity contribution in [1.29, 1.82) is 0 Å². The third-order valence-electron chi connectivity index (χ3n) is 5.65. The van der Waals surface area contributed by atoms with Crippen molar-refractivity contribution in [3.63, 3.8) is 0 Å². The Morgan fingerprint density at radius 2 is 1.96 bits per heavy atom. The monoisotopic (exact) mass is 371 g/mol. The van der Waals surface area contributed by atoms with Gasteiger partial charge in [-0.15, -0.1) is 0 Å². The van der Waals surface area contributed by atoms with Crippen molar-refractivity contribution >= 4 is 5.91 Å². The quantitative estimate of drug-likeness (QED) is 0.842. The van der Waals surface area contributed by atoms with Gasteiger partial charge in [0, 0.05) is 18.5 Å². The molecule has 1 fully saturated rings. The first-order chi connectivity index (χ1) is 12.9. The summed E-state index contributed by atoms with van der Waals surface area (Å²) in [5, 5.41) is 0. The number of methoxy groups -OCH3 is 1. The molecule has 27 heavy (non-hydrogen) atoms. The predicted octanol–water partition coefficient (Wildman–Crippen LogP) is 3.36. The van der Waals surface area contributed by atoms with Crippen molar-refractivity contribution in [3.05, 3.63) is 34.7 Å². The number of nitrogens with zero attached hydrogens (tertiary/aromatic N) is 2. The highest BCUT2D eigenvalue weighted by atomic mass is 16.5. The molecule has 6 nitrogen and oxygen atoms in total. The Bertz CT molecular complexity index is 820. The Balaban J connectivity index is 1.71. The van der Waals surface area contributed by atoms with Crippen LogP contribution in [0.15, 0.2) is 16.5 Å². The van der Waals surface area contributed by atoms with E-state index < -0.39 is 0 Å². The number of primary amides is 1. The number of likely N-dealkylation sites (tertiary alicyclic amines) is 1. The minimum absolute atomic E-state index is 0.199. The molecule has 0 spiro atoms. The lowest BCUT2D eigenvalue weighted by Crippen LogP contribution is -2.34. The standard InChI is InChI=1S/C21H29N3O3/c1-13-14(2)19(26-4)6-5-17(13)21-23-18(15(3)27-21)12-24-9-7-16(8-10-24)11-20(22)25/h5-6,16H,7-12H2,1-4H3,(H2,22,25). The summed E-state index contributed by atoms with van der Waals surface area (Å²) in [6.07, 6.45) is 2.50. The Labute approximate surface area is 160 Å². The fraction of sp³-hybridized carbons (Fsp3) is 0.524. The molecule has 1 aliphatic rings. The van der Waals surface area contributed by atoms with E-state index in [2.05, 4.69) is 11.8 Å². The largest absolute Gasteiger partial charge is 0.496 e. The van der Waals surface area contributed by atoms with Gasteiger partial charge in [0.25, 0.3) is 0 Å². The van der Waals surface area contributed by atoms with Crippen LogP contribution in [-0.4, -0.2) is 36.0 Å². The summed E-state index contributed by atoms with van der Waals surface area (Å²) >= 11 is 0.